The van der Waals surface area contributed by atoms with Gasteiger partial charge in [-0.25, -0.2) is 27.8 Å². The van der Waals surface area contributed by atoms with Crippen LogP contribution in [0.15, 0.2) is 59.9 Å². The zero-order chi connectivity index (χ0) is 23.0. The highest BCUT2D eigenvalue weighted by atomic mass is 32.2. The van der Waals surface area contributed by atoms with Crippen molar-refractivity contribution in [2.24, 2.45) is 0 Å². The lowest BCUT2D eigenvalue weighted by Gasteiger charge is -2.08. The highest BCUT2D eigenvalue weighted by molar-refractivity contribution is 7.92. The van der Waals surface area contributed by atoms with Gasteiger partial charge in [0.2, 0.25) is 5.78 Å². The molecule has 3 N–H and O–H groups in total. The number of hydrogen-bond donors (Lipinski definition) is 2. The molecule has 3 heterocycles. The van der Waals surface area contributed by atoms with Gasteiger partial charge in [-0.3, -0.25) is 9.52 Å². The summed E-state index contributed by atoms with van der Waals surface area (Å²) in [7, 11) is -4.02. The minimum atomic E-state index is -4.02. The van der Waals surface area contributed by atoms with Gasteiger partial charge in [0.25, 0.3) is 10.0 Å². The van der Waals surface area contributed by atoms with Crippen molar-refractivity contribution in [1.29, 1.82) is 0 Å². The Hall–Kier alpha value is -3.86. The number of nitrogen functional groups attached to an aromatic ring is 1. The van der Waals surface area contributed by atoms with Crippen molar-refractivity contribution in [3.8, 4) is 0 Å². The molecule has 4 rings (SSSR count). The van der Waals surface area contributed by atoms with E-state index in [1.807, 2.05) is 18.4 Å². The Bertz CT molecular complexity index is 1430. The minimum Gasteiger partial charge on any atom is -0.383 e. The number of nitrogens with zero attached hydrogens (tertiary/aromatic N) is 4. The highest BCUT2D eigenvalue weighted by Crippen LogP contribution is 2.28. The van der Waals surface area contributed by atoms with Crippen molar-refractivity contribution < 1.29 is 17.6 Å². The smallest absolute Gasteiger partial charge is 0.263 e. The van der Waals surface area contributed by atoms with Gasteiger partial charge in [0.05, 0.1) is 15.8 Å². The molecular weight excluding hydrogens is 435 g/mol. The van der Waals surface area contributed by atoms with Gasteiger partial charge in [-0.2, -0.15) is 0 Å². The second-order valence-corrected chi connectivity index (χ2v) is 8.98. The molecule has 3 aromatic heterocycles. The molecule has 0 atom stereocenters. The quantitative estimate of drug-likeness (QED) is 0.428. The van der Waals surface area contributed by atoms with Gasteiger partial charge in [0.1, 0.15) is 35.1 Å². The van der Waals surface area contributed by atoms with E-state index in [1.165, 1.54) is 24.5 Å². The van der Waals surface area contributed by atoms with Crippen molar-refractivity contribution in [3.63, 3.8) is 0 Å². The molecule has 164 valence electrons. The fourth-order valence-electron chi connectivity index (χ4n) is 3.24. The molecule has 11 heteroatoms. The normalized spacial score (nSPS) is 11.8. The van der Waals surface area contributed by atoms with E-state index in [2.05, 4.69) is 19.7 Å². The number of aromatic nitrogens is 4. The van der Waals surface area contributed by atoms with Gasteiger partial charge in [0.15, 0.2) is 0 Å². The van der Waals surface area contributed by atoms with E-state index < -0.39 is 21.6 Å². The first kappa shape index (κ1) is 21.4. The topological polar surface area (TPSA) is 133 Å². The molecule has 0 saturated heterocycles. The molecule has 0 aliphatic heterocycles. The summed E-state index contributed by atoms with van der Waals surface area (Å²) in [5.74, 6) is -0.917. The predicted molar refractivity (Wildman–Crippen MR) is 117 cm³/mol. The molecule has 9 nitrogen and oxygen atoms in total. The lowest BCUT2D eigenvalue weighted by Crippen LogP contribution is -2.15. The Morgan fingerprint density at radius 3 is 2.53 bits per heavy atom. The fourth-order valence-corrected chi connectivity index (χ4v) is 4.24. The number of carbonyl (C=O) groups excluding carboxylic acids is 1. The van der Waals surface area contributed by atoms with Crippen LogP contribution in [0.25, 0.3) is 11.0 Å². The number of carbonyl (C=O) groups is 1. The number of nitrogens with two attached hydrogens (primary N) is 1. The van der Waals surface area contributed by atoms with Gasteiger partial charge in [-0.15, -0.1) is 0 Å². The third kappa shape index (κ3) is 3.89. The molecule has 0 aliphatic rings. The number of pyridine rings is 1. The van der Waals surface area contributed by atoms with E-state index in [0.29, 0.717) is 11.0 Å². The summed E-state index contributed by atoms with van der Waals surface area (Å²) in [6.45, 7) is 3.88. The van der Waals surface area contributed by atoms with Crippen molar-refractivity contribution in [2.75, 3.05) is 10.5 Å². The van der Waals surface area contributed by atoms with Crippen LogP contribution in [0.5, 0.6) is 0 Å². The van der Waals surface area contributed by atoms with Gasteiger partial charge in [-0.05, 0) is 50.2 Å². The van der Waals surface area contributed by atoms with E-state index in [9.17, 15) is 17.6 Å². The third-order valence-electron chi connectivity index (χ3n) is 4.78. The summed E-state index contributed by atoms with van der Waals surface area (Å²) < 4.78 is 42.4. The average Bonchev–Trinajstić information content (AvgIpc) is 3.15. The Morgan fingerprint density at radius 2 is 1.84 bits per heavy atom. The molecule has 0 aliphatic carbocycles. The molecule has 0 unspecified atom stereocenters. The van der Waals surface area contributed by atoms with Crippen LogP contribution in [-0.2, 0) is 10.0 Å². The number of sulfonamides is 1. The van der Waals surface area contributed by atoms with Crippen LogP contribution in [0.2, 0.25) is 0 Å². The second kappa shape index (κ2) is 8.00. The summed E-state index contributed by atoms with van der Waals surface area (Å²) >= 11 is 0. The Balaban J connectivity index is 1.71. The number of hydrogen-bond acceptors (Lipinski definition) is 7. The summed E-state index contributed by atoms with van der Waals surface area (Å²) in [5, 5.41) is 0.408. The van der Waals surface area contributed by atoms with Crippen molar-refractivity contribution in [2.45, 2.75) is 24.8 Å². The molecule has 0 saturated carbocycles. The first-order valence-corrected chi connectivity index (χ1v) is 11.1. The Kier molecular flexibility index (Phi) is 5.35. The van der Waals surface area contributed by atoms with Crippen LogP contribution in [0.1, 0.15) is 35.9 Å². The Labute approximate surface area is 183 Å². The molecule has 0 amide bonds. The van der Waals surface area contributed by atoms with Crippen LogP contribution >= 0.6 is 0 Å². The minimum absolute atomic E-state index is 0.00941. The largest absolute Gasteiger partial charge is 0.383 e. The van der Waals surface area contributed by atoms with Crippen LogP contribution in [0.3, 0.4) is 0 Å². The number of fused-ring (bicyclic) bond motifs is 1. The van der Waals surface area contributed by atoms with E-state index >= 15 is 0 Å². The predicted octanol–water partition coefficient (Wildman–Crippen LogP) is 3.16. The van der Waals surface area contributed by atoms with Crippen molar-refractivity contribution in [1.82, 2.24) is 19.5 Å². The Morgan fingerprint density at radius 1 is 1.12 bits per heavy atom. The summed E-state index contributed by atoms with van der Waals surface area (Å²) in [5.41, 5.74) is 6.81. The summed E-state index contributed by atoms with van der Waals surface area (Å²) in [6, 6.07) is 8.74. The number of halogens is 1. The number of benzene rings is 1. The molecule has 1 aromatic carbocycles. The van der Waals surface area contributed by atoms with Gasteiger partial charge in [0, 0.05) is 12.2 Å². The maximum Gasteiger partial charge on any atom is 0.263 e. The standard InChI is InChI=1S/C21H19FN6O3S/c1-12(2)28-10-15(18-20(23)24-11-25-21(18)28)19(29)16-4-3-5-17(26-16)27-32(30,31)14-8-6-13(22)7-9-14/h3-12H,1-2H3,(H,26,27)(H2,23,24,25). The van der Waals surface area contributed by atoms with Gasteiger partial charge >= 0.3 is 0 Å². The van der Waals surface area contributed by atoms with E-state index in [4.69, 9.17) is 5.73 Å². The van der Waals surface area contributed by atoms with Gasteiger partial charge in [-0.1, -0.05) is 6.07 Å². The number of nitrogens with one attached hydrogen (secondary N) is 1. The van der Waals surface area contributed by atoms with Crippen LogP contribution in [-0.4, -0.2) is 33.7 Å². The zero-order valence-electron chi connectivity index (χ0n) is 17.2. The van der Waals surface area contributed by atoms with E-state index in [0.717, 1.165) is 24.3 Å². The van der Waals surface area contributed by atoms with Gasteiger partial charge < -0.3 is 10.3 Å². The number of ketones is 1. The second-order valence-electron chi connectivity index (χ2n) is 7.30. The van der Waals surface area contributed by atoms with Crippen molar-refractivity contribution >= 4 is 38.5 Å². The molecule has 0 fully saturated rings. The lowest BCUT2D eigenvalue weighted by atomic mass is 10.1. The van der Waals surface area contributed by atoms with E-state index in [-0.39, 0.29) is 33.8 Å². The summed E-state index contributed by atoms with van der Waals surface area (Å²) in [4.78, 5) is 25.5. The highest BCUT2D eigenvalue weighted by Gasteiger charge is 2.23. The third-order valence-corrected chi connectivity index (χ3v) is 6.15. The molecule has 0 radical (unpaired) electrons. The molecule has 0 spiro atoms. The first-order chi connectivity index (χ1) is 15.2. The van der Waals surface area contributed by atoms with Crippen LogP contribution in [0, 0.1) is 5.82 Å². The molecular formula is C21H19FN6O3S. The lowest BCUT2D eigenvalue weighted by molar-refractivity contribution is 0.103. The van der Waals surface area contributed by atoms with E-state index in [1.54, 1.807) is 6.20 Å². The first-order valence-electron chi connectivity index (χ1n) is 9.58. The number of anilines is 2. The molecule has 32 heavy (non-hydrogen) atoms. The van der Waals surface area contributed by atoms with Crippen molar-refractivity contribution in [3.05, 3.63) is 72.1 Å². The number of rotatable bonds is 6. The van der Waals surface area contributed by atoms with Crippen LogP contribution in [0.4, 0.5) is 16.0 Å². The maximum atomic E-state index is 13.3. The fraction of sp³-hybridized carbons (Fsp3) is 0.143. The molecule has 4 aromatic rings. The SMILES string of the molecule is CC(C)n1cc(C(=O)c2cccc(NS(=O)(=O)c3ccc(F)cc3)n2)c2c(N)ncnc21. The zero-order valence-corrected chi connectivity index (χ0v) is 18.0. The summed E-state index contributed by atoms with van der Waals surface area (Å²) in [6.07, 6.45) is 2.97. The van der Waals surface area contributed by atoms with Crippen LogP contribution < -0.4 is 10.5 Å². The average molecular weight is 454 g/mol. The monoisotopic (exact) mass is 454 g/mol. The molecule has 0 bridgehead atoms. The maximum absolute atomic E-state index is 13.3.